The smallest absolute Gasteiger partial charge is 0.161 e. The lowest BCUT2D eigenvalue weighted by molar-refractivity contribution is 0.319. The lowest BCUT2D eigenvalue weighted by atomic mass is 10.2. The predicted molar refractivity (Wildman–Crippen MR) is 78.0 cm³/mol. The molecule has 0 radical (unpaired) electrons. The number of hydrogen-bond acceptors (Lipinski definition) is 3. The van der Waals surface area contributed by atoms with E-state index in [4.69, 9.17) is 21.1 Å². The molecule has 1 aliphatic carbocycles. The quantitative estimate of drug-likeness (QED) is 0.830. The Morgan fingerprint density at radius 2 is 2.21 bits per heavy atom. The Bertz CT molecular complexity index is 455. The maximum absolute atomic E-state index is 5.68. The van der Waals surface area contributed by atoms with Crippen molar-refractivity contribution in [1.82, 2.24) is 5.32 Å². The molecule has 0 aliphatic heterocycles. The third-order valence-corrected chi connectivity index (χ3v) is 3.41. The summed E-state index contributed by atoms with van der Waals surface area (Å²) in [6.07, 6.45) is 2.59. The first kappa shape index (κ1) is 14.2. The van der Waals surface area contributed by atoms with Crippen molar-refractivity contribution in [2.24, 2.45) is 0 Å². The van der Waals surface area contributed by atoms with Crippen molar-refractivity contribution < 1.29 is 9.47 Å². The Kier molecular flexibility index (Phi) is 5.11. The molecule has 0 spiro atoms. The first-order valence-corrected chi connectivity index (χ1v) is 6.95. The van der Waals surface area contributed by atoms with Crippen LogP contribution in [0, 0.1) is 0 Å². The van der Waals surface area contributed by atoms with Gasteiger partial charge in [-0.25, -0.2) is 0 Å². The monoisotopic (exact) mass is 281 g/mol. The minimum Gasteiger partial charge on any atom is -0.493 e. The van der Waals surface area contributed by atoms with Crippen LogP contribution in [0.3, 0.4) is 0 Å². The Morgan fingerprint density at radius 3 is 2.84 bits per heavy atom. The van der Waals surface area contributed by atoms with Gasteiger partial charge in [0.1, 0.15) is 6.61 Å². The maximum atomic E-state index is 5.68. The van der Waals surface area contributed by atoms with Crippen molar-refractivity contribution in [3.05, 3.63) is 34.9 Å². The molecule has 19 heavy (non-hydrogen) atoms. The van der Waals surface area contributed by atoms with Gasteiger partial charge in [-0.1, -0.05) is 17.7 Å². The SMILES string of the molecule is COc1cc(CNC2CC2)ccc1OC/C(C)=C/Cl. The van der Waals surface area contributed by atoms with Gasteiger partial charge in [-0.3, -0.25) is 0 Å². The summed E-state index contributed by atoms with van der Waals surface area (Å²) in [4.78, 5) is 0. The van der Waals surface area contributed by atoms with E-state index in [0.29, 0.717) is 12.6 Å². The standard InChI is InChI=1S/C15H20ClNO2/c1-11(8-16)10-19-14-6-3-12(7-15(14)18-2)9-17-13-4-5-13/h3,6-8,13,17H,4-5,9-10H2,1-2H3/b11-8+. The second-order valence-electron chi connectivity index (χ2n) is 4.88. The van der Waals surface area contributed by atoms with E-state index in [-0.39, 0.29) is 0 Å². The highest BCUT2D eigenvalue weighted by atomic mass is 35.5. The Labute approximate surface area is 119 Å². The van der Waals surface area contributed by atoms with Crippen LogP contribution in [0.25, 0.3) is 0 Å². The van der Waals surface area contributed by atoms with Gasteiger partial charge in [-0.15, -0.1) is 0 Å². The number of halogens is 1. The molecule has 0 amide bonds. The molecule has 1 aromatic rings. The minimum absolute atomic E-state index is 0.472. The molecule has 1 saturated carbocycles. The predicted octanol–water partition coefficient (Wildman–Crippen LogP) is 3.47. The van der Waals surface area contributed by atoms with Crippen LogP contribution in [0.4, 0.5) is 0 Å². The molecule has 104 valence electrons. The van der Waals surface area contributed by atoms with Crippen LogP contribution >= 0.6 is 11.6 Å². The highest BCUT2D eigenvalue weighted by Gasteiger charge is 2.20. The Morgan fingerprint density at radius 1 is 1.42 bits per heavy atom. The zero-order chi connectivity index (χ0) is 13.7. The Balaban J connectivity index is 1.98. The largest absolute Gasteiger partial charge is 0.493 e. The van der Waals surface area contributed by atoms with Gasteiger partial charge >= 0.3 is 0 Å². The second-order valence-corrected chi connectivity index (χ2v) is 5.10. The van der Waals surface area contributed by atoms with Crippen LogP contribution in [-0.2, 0) is 6.54 Å². The molecule has 1 aromatic carbocycles. The van der Waals surface area contributed by atoms with Gasteiger partial charge < -0.3 is 14.8 Å². The molecular formula is C15H20ClNO2. The summed E-state index contributed by atoms with van der Waals surface area (Å²) in [5, 5.41) is 3.48. The van der Waals surface area contributed by atoms with Crippen LogP contribution in [-0.4, -0.2) is 19.8 Å². The number of hydrogen-bond donors (Lipinski definition) is 1. The zero-order valence-electron chi connectivity index (χ0n) is 11.4. The highest BCUT2D eigenvalue weighted by Crippen LogP contribution is 2.29. The fraction of sp³-hybridized carbons (Fsp3) is 0.467. The summed E-state index contributed by atoms with van der Waals surface area (Å²) < 4.78 is 11.0. The molecule has 2 rings (SSSR count). The van der Waals surface area contributed by atoms with Crippen LogP contribution in [0.15, 0.2) is 29.3 Å². The van der Waals surface area contributed by atoms with E-state index in [1.807, 2.05) is 19.1 Å². The van der Waals surface area contributed by atoms with E-state index in [9.17, 15) is 0 Å². The van der Waals surface area contributed by atoms with Gasteiger partial charge in [0.25, 0.3) is 0 Å². The summed E-state index contributed by atoms with van der Waals surface area (Å²) in [7, 11) is 1.66. The molecule has 0 bridgehead atoms. The molecule has 0 atom stereocenters. The molecule has 0 heterocycles. The summed E-state index contributed by atoms with van der Waals surface area (Å²) >= 11 is 5.61. The van der Waals surface area contributed by atoms with Gasteiger partial charge in [-0.2, -0.15) is 0 Å². The molecule has 0 unspecified atom stereocenters. The maximum Gasteiger partial charge on any atom is 0.161 e. The van der Waals surface area contributed by atoms with E-state index in [1.54, 1.807) is 7.11 Å². The van der Waals surface area contributed by atoms with E-state index in [2.05, 4.69) is 11.4 Å². The van der Waals surface area contributed by atoms with E-state index >= 15 is 0 Å². The van der Waals surface area contributed by atoms with Crippen LogP contribution in [0.2, 0.25) is 0 Å². The molecule has 0 aromatic heterocycles. The number of rotatable bonds is 7. The number of nitrogens with one attached hydrogen (secondary N) is 1. The van der Waals surface area contributed by atoms with Crippen molar-refractivity contribution in [3.63, 3.8) is 0 Å². The van der Waals surface area contributed by atoms with E-state index in [0.717, 1.165) is 23.6 Å². The van der Waals surface area contributed by atoms with Crippen LogP contribution in [0.1, 0.15) is 25.3 Å². The lowest BCUT2D eigenvalue weighted by Gasteiger charge is -2.12. The molecule has 1 aliphatic rings. The van der Waals surface area contributed by atoms with Crippen molar-refractivity contribution in [2.45, 2.75) is 32.4 Å². The molecule has 0 saturated heterocycles. The van der Waals surface area contributed by atoms with Crippen molar-refractivity contribution >= 4 is 11.6 Å². The van der Waals surface area contributed by atoms with Gasteiger partial charge in [-0.05, 0) is 43.0 Å². The molecule has 4 heteroatoms. The normalized spacial score (nSPS) is 15.4. The highest BCUT2D eigenvalue weighted by molar-refractivity contribution is 6.25. The molecule has 1 N–H and O–H groups in total. The van der Waals surface area contributed by atoms with Gasteiger partial charge in [0.2, 0.25) is 0 Å². The summed E-state index contributed by atoms with van der Waals surface area (Å²) in [5.74, 6) is 1.51. The first-order chi connectivity index (χ1) is 9.22. The Hall–Kier alpha value is -1.19. The van der Waals surface area contributed by atoms with Crippen molar-refractivity contribution in [2.75, 3.05) is 13.7 Å². The average Bonchev–Trinajstić information content (AvgIpc) is 3.26. The number of benzene rings is 1. The van der Waals surface area contributed by atoms with E-state index < -0.39 is 0 Å². The van der Waals surface area contributed by atoms with Gasteiger partial charge in [0.05, 0.1) is 7.11 Å². The first-order valence-electron chi connectivity index (χ1n) is 6.52. The van der Waals surface area contributed by atoms with Gasteiger partial charge in [0.15, 0.2) is 11.5 Å². The molecular weight excluding hydrogens is 262 g/mol. The van der Waals surface area contributed by atoms with Crippen LogP contribution in [0.5, 0.6) is 11.5 Å². The molecule has 3 nitrogen and oxygen atoms in total. The summed E-state index contributed by atoms with van der Waals surface area (Å²) in [5.41, 5.74) is 3.71. The minimum atomic E-state index is 0.472. The van der Waals surface area contributed by atoms with Gasteiger partial charge in [0, 0.05) is 18.1 Å². The average molecular weight is 282 g/mol. The summed E-state index contributed by atoms with van der Waals surface area (Å²) in [6, 6.07) is 6.74. The third kappa shape index (κ3) is 4.44. The third-order valence-electron chi connectivity index (χ3n) is 3.04. The fourth-order valence-electron chi connectivity index (χ4n) is 1.71. The van der Waals surface area contributed by atoms with Crippen molar-refractivity contribution in [1.29, 1.82) is 0 Å². The summed E-state index contributed by atoms with van der Waals surface area (Å²) in [6.45, 7) is 3.27. The van der Waals surface area contributed by atoms with Crippen molar-refractivity contribution in [3.8, 4) is 11.5 Å². The number of methoxy groups -OCH3 is 1. The topological polar surface area (TPSA) is 30.5 Å². The van der Waals surface area contributed by atoms with E-state index in [1.165, 1.54) is 23.9 Å². The zero-order valence-corrected chi connectivity index (χ0v) is 12.2. The van der Waals surface area contributed by atoms with Crippen LogP contribution < -0.4 is 14.8 Å². The lowest BCUT2D eigenvalue weighted by Crippen LogP contribution is -2.15. The second kappa shape index (κ2) is 6.83. The molecule has 1 fully saturated rings. The number of ether oxygens (including phenoxy) is 2. The fourth-order valence-corrected chi connectivity index (χ4v) is 1.78.